The summed E-state index contributed by atoms with van der Waals surface area (Å²) in [5, 5.41) is 4.42. The zero-order valence-corrected chi connectivity index (χ0v) is 20.2. The molecule has 0 amide bonds. The lowest BCUT2D eigenvalue weighted by Crippen LogP contribution is -2.55. The Kier molecular flexibility index (Phi) is 6.06. The van der Waals surface area contributed by atoms with E-state index in [9.17, 15) is 4.79 Å². The minimum Gasteiger partial charge on any atom is -0.462 e. The van der Waals surface area contributed by atoms with Crippen LogP contribution in [0.3, 0.4) is 0 Å². The fourth-order valence-corrected chi connectivity index (χ4v) is 5.76. The number of rotatable bonds is 5. The van der Waals surface area contributed by atoms with Crippen LogP contribution in [0.25, 0.3) is 11.1 Å². The number of thiophene rings is 1. The van der Waals surface area contributed by atoms with Crippen LogP contribution in [0.2, 0.25) is 0 Å². The number of esters is 1. The third-order valence-electron chi connectivity index (χ3n) is 5.65. The van der Waals surface area contributed by atoms with Crippen molar-refractivity contribution in [3.8, 4) is 11.1 Å². The van der Waals surface area contributed by atoms with E-state index >= 15 is 0 Å². The molecule has 32 heavy (non-hydrogen) atoms. The van der Waals surface area contributed by atoms with Gasteiger partial charge in [0.1, 0.15) is 5.00 Å². The monoisotopic (exact) mass is 446 g/mol. The molecule has 0 radical (unpaired) electrons. The van der Waals surface area contributed by atoms with Crippen molar-refractivity contribution >= 4 is 28.5 Å². The minimum atomic E-state index is -0.287. The summed E-state index contributed by atoms with van der Waals surface area (Å²) >= 11 is 1.58. The molecule has 0 saturated heterocycles. The zero-order valence-electron chi connectivity index (χ0n) is 19.4. The largest absolute Gasteiger partial charge is 0.462 e. The van der Waals surface area contributed by atoms with Gasteiger partial charge in [0, 0.05) is 22.2 Å². The number of carbonyl (C=O) groups is 1. The number of aliphatic imine (C=N–C) groups is 1. The Morgan fingerprint density at radius 3 is 2.38 bits per heavy atom. The third-order valence-corrected chi connectivity index (χ3v) is 7.12. The van der Waals surface area contributed by atoms with Gasteiger partial charge in [0.15, 0.2) is 0 Å². The number of nitrogens with one attached hydrogen (secondary N) is 1. The highest BCUT2D eigenvalue weighted by Crippen LogP contribution is 2.46. The molecule has 3 aromatic rings. The molecule has 0 bridgehead atoms. The number of hydrogen-bond acceptors (Lipinski definition) is 5. The number of benzene rings is 2. The summed E-state index contributed by atoms with van der Waals surface area (Å²) in [7, 11) is 0. The number of hydrogen-bond donors (Lipinski definition) is 1. The van der Waals surface area contributed by atoms with Crippen molar-refractivity contribution in [3.05, 3.63) is 76.2 Å². The quantitative estimate of drug-likeness (QED) is 0.359. The fraction of sp³-hybridized carbons (Fsp3) is 0.333. The van der Waals surface area contributed by atoms with Gasteiger partial charge in [0.05, 0.1) is 12.2 Å². The highest BCUT2D eigenvalue weighted by atomic mass is 32.1. The van der Waals surface area contributed by atoms with Crippen LogP contribution in [0, 0.1) is 0 Å². The van der Waals surface area contributed by atoms with E-state index in [-0.39, 0.29) is 17.0 Å². The summed E-state index contributed by atoms with van der Waals surface area (Å²) in [5.41, 5.74) is 4.66. The van der Waals surface area contributed by atoms with Crippen LogP contribution in [0.1, 0.15) is 61.0 Å². The van der Waals surface area contributed by atoms with Crippen molar-refractivity contribution in [2.45, 2.75) is 52.1 Å². The highest BCUT2D eigenvalue weighted by Gasteiger charge is 2.41. The van der Waals surface area contributed by atoms with Gasteiger partial charge in [0.2, 0.25) is 0 Å². The van der Waals surface area contributed by atoms with E-state index in [4.69, 9.17) is 9.73 Å². The number of nitrogens with zero attached hydrogens (tertiary/aromatic N) is 1. The third kappa shape index (κ3) is 4.54. The molecule has 2 aromatic carbocycles. The van der Waals surface area contributed by atoms with Crippen molar-refractivity contribution in [3.63, 3.8) is 0 Å². The summed E-state index contributed by atoms with van der Waals surface area (Å²) in [4.78, 5) is 18.8. The zero-order chi connectivity index (χ0) is 22.9. The van der Waals surface area contributed by atoms with Gasteiger partial charge in [-0.3, -0.25) is 0 Å². The first kappa shape index (κ1) is 22.4. The molecule has 0 fully saturated rings. The highest BCUT2D eigenvalue weighted by molar-refractivity contribution is 7.16. The lowest BCUT2D eigenvalue weighted by Gasteiger charge is -2.42. The molecule has 4 rings (SSSR count). The first-order chi connectivity index (χ1) is 15.2. The van der Waals surface area contributed by atoms with Gasteiger partial charge in [-0.15, -0.1) is 11.3 Å². The number of fused-ring (bicyclic) bond motifs is 1. The number of carbonyl (C=O) groups excluding carboxylic acids is 1. The summed E-state index contributed by atoms with van der Waals surface area (Å²) in [6.07, 6.45) is 2.60. The molecule has 1 aliphatic rings. The van der Waals surface area contributed by atoms with Crippen LogP contribution in [0.4, 0.5) is 5.00 Å². The second-order valence-electron chi connectivity index (χ2n) is 9.37. The average molecular weight is 447 g/mol. The minimum absolute atomic E-state index is 0.118. The molecular weight excluding hydrogens is 416 g/mol. The van der Waals surface area contributed by atoms with Crippen molar-refractivity contribution in [2.75, 3.05) is 6.61 Å². The molecule has 5 heteroatoms. The molecule has 0 spiro atoms. The lowest BCUT2D eigenvalue weighted by molar-refractivity contribution is 0.0525. The Bertz CT molecular complexity index is 1140. The average Bonchev–Trinajstić information content (AvgIpc) is 3.11. The van der Waals surface area contributed by atoms with Gasteiger partial charge in [-0.1, -0.05) is 54.6 Å². The fourth-order valence-electron chi connectivity index (χ4n) is 4.54. The van der Waals surface area contributed by atoms with Crippen molar-refractivity contribution in [1.82, 2.24) is 5.32 Å². The van der Waals surface area contributed by atoms with Crippen molar-refractivity contribution < 1.29 is 9.53 Å². The predicted octanol–water partition coefficient (Wildman–Crippen LogP) is 6.50. The Morgan fingerprint density at radius 2 is 1.72 bits per heavy atom. The van der Waals surface area contributed by atoms with Gasteiger partial charge in [-0.25, -0.2) is 9.79 Å². The van der Waals surface area contributed by atoms with Crippen LogP contribution in [0.15, 0.2) is 59.6 Å². The standard InChI is InChI=1S/C27H30N2O2S/c1-6-31-25(30)22-21-16-26(2,3)29-27(4,5)23(21)32-24(22)28-17-18-12-14-20(15-13-18)19-10-8-7-9-11-19/h7-15,17,29H,6,16H2,1-5H3. The van der Waals surface area contributed by atoms with Gasteiger partial charge in [0.25, 0.3) is 0 Å². The summed E-state index contributed by atoms with van der Waals surface area (Å²) in [6, 6.07) is 18.6. The van der Waals surface area contributed by atoms with Crippen molar-refractivity contribution in [2.24, 2.45) is 4.99 Å². The molecule has 1 aliphatic heterocycles. The Labute approximate surface area is 194 Å². The normalized spacial score (nSPS) is 16.7. The molecule has 4 nitrogen and oxygen atoms in total. The van der Waals surface area contributed by atoms with Crippen LogP contribution in [-0.4, -0.2) is 24.3 Å². The molecule has 0 saturated carbocycles. The Balaban J connectivity index is 1.70. The molecule has 0 aliphatic carbocycles. The first-order valence-corrected chi connectivity index (χ1v) is 11.8. The van der Waals surface area contributed by atoms with Gasteiger partial charge in [-0.05, 0) is 63.3 Å². The topological polar surface area (TPSA) is 50.7 Å². The summed E-state index contributed by atoms with van der Waals surface area (Å²) < 4.78 is 5.42. The number of ether oxygens (including phenoxy) is 1. The Morgan fingerprint density at radius 1 is 1.06 bits per heavy atom. The lowest BCUT2D eigenvalue weighted by atomic mass is 9.81. The van der Waals surface area contributed by atoms with E-state index in [1.165, 1.54) is 5.56 Å². The SMILES string of the molecule is CCOC(=O)c1c(N=Cc2ccc(-c3ccccc3)cc2)sc2c1CC(C)(C)NC2(C)C. The van der Waals surface area contributed by atoms with Crippen LogP contribution in [-0.2, 0) is 16.7 Å². The van der Waals surface area contributed by atoms with Crippen LogP contribution < -0.4 is 5.32 Å². The summed E-state index contributed by atoms with van der Waals surface area (Å²) in [6.45, 7) is 10.8. The molecular formula is C27H30N2O2S. The van der Waals surface area contributed by atoms with E-state index in [2.05, 4.69) is 69.4 Å². The van der Waals surface area contributed by atoms with Gasteiger partial charge >= 0.3 is 5.97 Å². The Hall–Kier alpha value is -2.76. The molecule has 166 valence electrons. The van der Waals surface area contributed by atoms with E-state index < -0.39 is 0 Å². The maximum absolute atomic E-state index is 12.9. The summed E-state index contributed by atoms with van der Waals surface area (Å²) in [5.74, 6) is -0.287. The second kappa shape index (κ2) is 8.64. The van der Waals surface area contributed by atoms with Gasteiger partial charge in [-0.2, -0.15) is 0 Å². The van der Waals surface area contributed by atoms with Crippen molar-refractivity contribution in [1.29, 1.82) is 0 Å². The van der Waals surface area contributed by atoms with Crippen LogP contribution >= 0.6 is 11.3 Å². The predicted molar refractivity (Wildman–Crippen MR) is 133 cm³/mol. The molecule has 1 aromatic heterocycles. The molecule has 0 atom stereocenters. The molecule has 1 N–H and O–H groups in total. The van der Waals surface area contributed by atoms with E-state index in [1.54, 1.807) is 11.3 Å². The molecule has 0 unspecified atom stereocenters. The smallest absolute Gasteiger partial charge is 0.341 e. The molecule has 2 heterocycles. The van der Waals surface area contributed by atoms with E-state index in [1.807, 2.05) is 31.3 Å². The van der Waals surface area contributed by atoms with E-state index in [0.29, 0.717) is 17.2 Å². The second-order valence-corrected chi connectivity index (χ2v) is 10.4. The maximum atomic E-state index is 12.9. The van der Waals surface area contributed by atoms with Crippen LogP contribution in [0.5, 0.6) is 0 Å². The van der Waals surface area contributed by atoms with Gasteiger partial charge < -0.3 is 10.1 Å². The first-order valence-electron chi connectivity index (χ1n) is 11.0. The maximum Gasteiger partial charge on any atom is 0.341 e. The van der Waals surface area contributed by atoms with E-state index in [0.717, 1.165) is 28.0 Å².